The van der Waals surface area contributed by atoms with Gasteiger partial charge >= 0.3 is 0 Å². The molecular weight excluding hydrogens is 222 g/mol. The maximum Gasteiger partial charge on any atom is 0.133 e. The molecule has 18 heavy (non-hydrogen) atoms. The minimum atomic E-state index is 0.389. The fourth-order valence-corrected chi connectivity index (χ4v) is 2.14. The van der Waals surface area contributed by atoms with Gasteiger partial charge in [0.05, 0.1) is 16.9 Å². The van der Waals surface area contributed by atoms with Gasteiger partial charge in [0, 0.05) is 5.92 Å². The third-order valence-electron chi connectivity index (χ3n) is 3.22. The van der Waals surface area contributed by atoms with Crippen molar-refractivity contribution in [3.8, 4) is 0 Å². The predicted octanol–water partition coefficient (Wildman–Crippen LogP) is 4.10. The molecule has 2 heterocycles. The second kappa shape index (κ2) is 4.71. The first-order valence-corrected chi connectivity index (χ1v) is 6.81. The molecule has 0 aliphatic carbocycles. The SMILES string of the molecule is CC(C)c1ccc2c(C(C)C)nc(C(C)C)n2n1. The van der Waals surface area contributed by atoms with Crippen molar-refractivity contribution in [1.82, 2.24) is 14.6 Å². The zero-order valence-electron chi connectivity index (χ0n) is 12.2. The molecule has 2 aromatic rings. The Morgan fingerprint density at radius 2 is 1.56 bits per heavy atom. The van der Waals surface area contributed by atoms with E-state index in [-0.39, 0.29) is 0 Å². The van der Waals surface area contributed by atoms with E-state index in [1.807, 2.05) is 4.52 Å². The lowest BCUT2D eigenvalue weighted by molar-refractivity contribution is 0.691. The molecule has 0 N–H and O–H groups in total. The average molecular weight is 245 g/mol. The normalized spacial score (nSPS) is 12.3. The highest BCUT2D eigenvalue weighted by Gasteiger charge is 2.17. The van der Waals surface area contributed by atoms with Gasteiger partial charge in [0.2, 0.25) is 0 Å². The Morgan fingerprint density at radius 1 is 0.889 bits per heavy atom. The van der Waals surface area contributed by atoms with E-state index in [1.54, 1.807) is 0 Å². The van der Waals surface area contributed by atoms with Gasteiger partial charge in [0.15, 0.2) is 0 Å². The summed E-state index contributed by atoms with van der Waals surface area (Å²) in [5, 5.41) is 4.75. The van der Waals surface area contributed by atoms with Gasteiger partial charge in [-0.25, -0.2) is 9.50 Å². The lowest BCUT2D eigenvalue weighted by atomic mass is 10.1. The summed E-state index contributed by atoms with van der Waals surface area (Å²) in [5.74, 6) is 2.33. The molecule has 0 radical (unpaired) electrons. The van der Waals surface area contributed by atoms with Crippen LogP contribution in [0.3, 0.4) is 0 Å². The maximum absolute atomic E-state index is 4.79. The van der Waals surface area contributed by atoms with Crippen molar-refractivity contribution in [3.05, 3.63) is 29.3 Å². The van der Waals surface area contributed by atoms with Crippen LogP contribution in [0.15, 0.2) is 12.1 Å². The number of nitrogens with zero attached hydrogens (tertiary/aromatic N) is 3. The summed E-state index contributed by atoms with van der Waals surface area (Å²) in [4.78, 5) is 4.79. The Hall–Kier alpha value is -1.38. The number of imidazole rings is 1. The van der Waals surface area contributed by atoms with Gasteiger partial charge < -0.3 is 0 Å². The first-order valence-electron chi connectivity index (χ1n) is 6.81. The fourth-order valence-electron chi connectivity index (χ4n) is 2.14. The lowest BCUT2D eigenvalue weighted by Crippen LogP contribution is -2.04. The molecule has 0 aliphatic heterocycles. The zero-order valence-corrected chi connectivity index (χ0v) is 12.2. The molecule has 0 fully saturated rings. The first kappa shape index (κ1) is 13.1. The molecule has 0 unspecified atom stereocenters. The number of fused-ring (bicyclic) bond motifs is 1. The van der Waals surface area contributed by atoms with E-state index in [0.717, 1.165) is 22.7 Å². The van der Waals surface area contributed by atoms with Crippen LogP contribution in [0.25, 0.3) is 5.52 Å². The first-order chi connectivity index (χ1) is 8.41. The molecule has 0 aliphatic rings. The Bertz CT molecular complexity index is 550. The van der Waals surface area contributed by atoms with Crippen LogP contribution >= 0.6 is 0 Å². The summed E-state index contributed by atoms with van der Waals surface area (Å²) in [6.07, 6.45) is 0. The molecule has 0 bridgehead atoms. The van der Waals surface area contributed by atoms with Crippen LogP contribution in [0.1, 0.15) is 76.5 Å². The highest BCUT2D eigenvalue weighted by atomic mass is 15.3. The van der Waals surface area contributed by atoms with E-state index in [4.69, 9.17) is 10.1 Å². The van der Waals surface area contributed by atoms with Crippen LogP contribution in [0.4, 0.5) is 0 Å². The molecule has 98 valence electrons. The van der Waals surface area contributed by atoms with Gasteiger partial charge in [-0.1, -0.05) is 41.5 Å². The molecule has 0 spiro atoms. The number of hydrogen-bond donors (Lipinski definition) is 0. The number of aromatic nitrogens is 3. The minimum absolute atomic E-state index is 0.389. The summed E-state index contributed by atoms with van der Waals surface area (Å²) in [5.41, 5.74) is 3.43. The van der Waals surface area contributed by atoms with Crippen LogP contribution in [0.5, 0.6) is 0 Å². The van der Waals surface area contributed by atoms with Crippen molar-refractivity contribution in [3.63, 3.8) is 0 Å². The second-order valence-corrected chi connectivity index (χ2v) is 5.87. The molecule has 3 nitrogen and oxygen atoms in total. The van der Waals surface area contributed by atoms with E-state index in [0.29, 0.717) is 17.8 Å². The summed E-state index contributed by atoms with van der Waals surface area (Å²) in [6.45, 7) is 13.0. The molecule has 0 aromatic carbocycles. The van der Waals surface area contributed by atoms with E-state index in [2.05, 4.69) is 53.7 Å². The van der Waals surface area contributed by atoms with Crippen LogP contribution in [0, 0.1) is 0 Å². The Labute approximate surface area is 109 Å². The van der Waals surface area contributed by atoms with Crippen LogP contribution in [0.2, 0.25) is 0 Å². The summed E-state index contributed by atoms with van der Waals surface area (Å²) in [6, 6.07) is 4.29. The summed E-state index contributed by atoms with van der Waals surface area (Å²) < 4.78 is 2.04. The quantitative estimate of drug-likeness (QED) is 0.815. The number of rotatable bonds is 3. The maximum atomic E-state index is 4.79. The fraction of sp³-hybridized carbons (Fsp3) is 0.600. The Morgan fingerprint density at radius 3 is 2.06 bits per heavy atom. The Kier molecular flexibility index (Phi) is 3.42. The van der Waals surface area contributed by atoms with Gasteiger partial charge in [-0.3, -0.25) is 0 Å². The zero-order chi connectivity index (χ0) is 13.4. The molecule has 0 amide bonds. The van der Waals surface area contributed by atoms with Gasteiger partial charge in [0.25, 0.3) is 0 Å². The van der Waals surface area contributed by atoms with E-state index < -0.39 is 0 Å². The summed E-state index contributed by atoms with van der Waals surface area (Å²) in [7, 11) is 0. The van der Waals surface area contributed by atoms with Crippen molar-refractivity contribution in [2.24, 2.45) is 0 Å². The van der Waals surface area contributed by atoms with Crippen LogP contribution in [-0.4, -0.2) is 14.6 Å². The van der Waals surface area contributed by atoms with Gasteiger partial charge in [0.1, 0.15) is 5.82 Å². The van der Waals surface area contributed by atoms with Crippen LogP contribution in [-0.2, 0) is 0 Å². The molecule has 0 saturated carbocycles. The van der Waals surface area contributed by atoms with Gasteiger partial charge in [-0.15, -0.1) is 0 Å². The van der Waals surface area contributed by atoms with E-state index in [1.165, 1.54) is 0 Å². The second-order valence-electron chi connectivity index (χ2n) is 5.87. The molecular formula is C15H23N3. The monoisotopic (exact) mass is 245 g/mol. The van der Waals surface area contributed by atoms with Gasteiger partial charge in [-0.2, -0.15) is 5.10 Å². The lowest BCUT2D eigenvalue weighted by Gasteiger charge is -2.08. The molecule has 0 saturated heterocycles. The third kappa shape index (κ3) is 2.14. The third-order valence-corrected chi connectivity index (χ3v) is 3.22. The molecule has 2 aromatic heterocycles. The van der Waals surface area contributed by atoms with Crippen molar-refractivity contribution in [2.75, 3.05) is 0 Å². The van der Waals surface area contributed by atoms with Crippen molar-refractivity contribution >= 4 is 5.52 Å². The predicted molar refractivity (Wildman–Crippen MR) is 75.3 cm³/mol. The molecule has 2 rings (SSSR count). The standard InChI is InChI=1S/C15H23N3/c1-9(2)12-7-8-13-14(10(3)4)16-15(11(5)6)18(13)17-12/h7-11H,1-6H3. The van der Waals surface area contributed by atoms with E-state index in [9.17, 15) is 0 Å². The van der Waals surface area contributed by atoms with Crippen LogP contribution < -0.4 is 0 Å². The highest BCUT2D eigenvalue weighted by Crippen LogP contribution is 2.25. The molecule has 3 heteroatoms. The van der Waals surface area contributed by atoms with E-state index >= 15 is 0 Å². The number of hydrogen-bond acceptors (Lipinski definition) is 2. The average Bonchev–Trinajstić information content (AvgIpc) is 2.67. The largest absolute Gasteiger partial charge is 0.235 e. The van der Waals surface area contributed by atoms with Crippen molar-refractivity contribution in [1.29, 1.82) is 0 Å². The summed E-state index contributed by atoms with van der Waals surface area (Å²) >= 11 is 0. The smallest absolute Gasteiger partial charge is 0.133 e. The van der Waals surface area contributed by atoms with Gasteiger partial charge in [-0.05, 0) is 24.0 Å². The molecule has 0 atom stereocenters. The topological polar surface area (TPSA) is 30.2 Å². The Balaban J connectivity index is 2.71. The van der Waals surface area contributed by atoms with Crippen molar-refractivity contribution in [2.45, 2.75) is 59.3 Å². The minimum Gasteiger partial charge on any atom is -0.235 e. The highest BCUT2D eigenvalue weighted by molar-refractivity contribution is 5.54. The van der Waals surface area contributed by atoms with Crippen molar-refractivity contribution < 1.29 is 0 Å².